The maximum atomic E-state index is 12.8. The highest BCUT2D eigenvalue weighted by Gasteiger charge is 2.14. The summed E-state index contributed by atoms with van der Waals surface area (Å²) >= 11 is 1.41. The van der Waals surface area contributed by atoms with Crippen molar-refractivity contribution in [2.75, 3.05) is 0 Å². The minimum atomic E-state index is -0.278. The standard InChI is InChI=1S/C16H17FN2OS/c1-11-3-8-15(18-9-11)21-12(2)16(20)19-10-13-4-6-14(17)7-5-13/h3-9,12H,10H2,1-2H3,(H,19,20). The first-order chi connectivity index (χ1) is 10.0. The molecule has 0 radical (unpaired) electrons. The number of carbonyl (C=O) groups excluding carboxylic acids is 1. The molecular weight excluding hydrogens is 287 g/mol. The van der Waals surface area contributed by atoms with Crippen molar-refractivity contribution in [1.82, 2.24) is 10.3 Å². The summed E-state index contributed by atoms with van der Waals surface area (Å²) in [6.07, 6.45) is 1.78. The number of carbonyl (C=O) groups is 1. The van der Waals surface area contributed by atoms with Crippen molar-refractivity contribution in [1.29, 1.82) is 0 Å². The minimum Gasteiger partial charge on any atom is -0.351 e. The van der Waals surface area contributed by atoms with Crippen LogP contribution in [0.15, 0.2) is 47.6 Å². The van der Waals surface area contributed by atoms with E-state index in [1.54, 1.807) is 18.3 Å². The van der Waals surface area contributed by atoms with E-state index in [9.17, 15) is 9.18 Å². The van der Waals surface area contributed by atoms with Crippen molar-refractivity contribution < 1.29 is 9.18 Å². The van der Waals surface area contributed by atoms with Crippen LogP contribution in [0.3, 0.4) is 0 Å². The molecule has 0 saturated heterocycles. The van der Waals surface area contributed by atoms with E-state index in [0.29, 0.717) is 6.54 Å². The van der Waals surface area contributed by atoms with Gasteiger partial charge in [-0.05, 0) is 43.2 Å². The molecule has 0 fully saturated rings. The van der Waals surface area contributed by atoms with Gasteiger partial charge in [-0.2, -0.15) is 0 Å². The third kappa shape index (κ3) is 4.86. The second-order valence-electron chi connectivity index (χ2n) is 4.78. The molecule has 1 aromatic carbocycles. The molecule has 110 valence electrons. The molecule has 1 atom stereocenters. The summed E-state index contributed by atoms with van der Waals surface area (Å²) in [4.78, 5) is 16.3. The number of hydrogen-bond acceptors (Lipinski definition) is 3. The molecule has 3 nitrogen and oxygen atoms in total. The predicted octanol–water partition coefficient (Wildman–Crippen LogP) is 3.33. The van der Waals surface area contributed by atoms with E-state index in [0.717, 1.165) is 16.2 Å². The quantitative estimate of drug-likeness (QED) is 0.862. The Hall–Kier alpha value is -1.88. The summed E-state index contributed by atoms with van der Waals surface area (Å²) in [6.45, 7) is 4.21. The van der Waals surface area contributed by atoms with Crippen molar-refractivity contribution in [3.8, 4) is 0 Å². The summed E-state index contributed by atoms with van der Waals surface area (Å²) in [5.74, 6) is -0.342. The van der Waals surface area contributed by atoms with Crippen molar-refractivity contribution in [3.63, 3.8) is 0 Å². The fourth-order valence-corrected chi connectivity index (χ4v) is 2.51. The maximum absolute atomic E-state index is 12.8. The number of pyridine rings is 1. The second kappa shape index (κ2) is 7.22. The van der Waals surface area contributed by atoms with Crippen LogP contribution < -0.4 is 5.32 Å². The highest BCUT2D eigenvalue weighted by molar-refractivity contribution is 8.00. The van der Waals surface area contributed by atoms with Crippen LogP contribution in [0.5, 0.6) is 0 Å². The molecule has 1 N–H and O–H groups in total. The van der Waals surface area contributed by atoms with Gasteiger partial charge in [-0.3, -0.25) is 4.79 Å². The number of nitrogens with one attached hydrogen (secondary N) is 1. The van der Waals surface area contributed by atoms with Gasteiger partial charge in [-0.25, -0.2) is 9.37 Å². The molecule has 1 amide bonds. The average Bonchev–Trinajstić information content (AvgIpc) is 2.48. The molecule has 0 aliphatic heterocycles. The van der Waals surface area contributed by atoms with E-state index in [1.807, 2.05) is 26.0 Å². The van der Waals surface area contributed by atoms with Crippen LogP contribution in [0.25, 0.3) is 0 Å². The zero-order valence-corrected chi connectivity index (χ0v) is 12.8. The molecule has 1 aromatic heterocycles. The van der Waals surface area contributed by atoms with E-state index in [2.05, 4.69) is 10.3 Å². The summed E-state index contributed by atoms with van der Waals surface area (Å²) in [7, 11) is 0. The van der Waals surface area contributed by atoms with Gasteiger partial charge >= 0.3 is 0 Å². The third-order valence-corrected chi connectivity index (χ3v) is 3.98. The summed E-state index contributed by atoms with van der Waals surface area (Å²) in [5.41, 5.74) is 1.96. The van der Waals surface area contributed by atoms with Crippen molar-refractivity contribution >= 4 is 17.7 Å². The number of aromatic nitrogens is 1. The molecule has 1 unspecified atom stereocenters. The number of halogens is 1. The van der Waals surface area contributed by atoms with Crippen molar-refractivity contribution in [2.24, 2.45) is 0 Å². The Morgan fingerprint density at radius 2 is 2.00 bits per heavy atom. The largest absolute Gasteiger partial charge is 0.351 e. The number of nitrogens with zero attached hydrogens (tertiary/aromatic N) is 1. The number of aryl methyl sites for hydroxylation is 1. The topological polar surface area (TPSA) is 42.0 Å². The predicted molar refractivity (Wildman–Crippen MR) is 82.5 cm³/mol. The van der Waals surface area contributed by atoms with E-state index < -0.39 is 0 Å². The van der Waals surface area contributed by atoms with Crippen LogP contribution in [-0.4, -0.2) is 16.1 Å². The molecular formula is C16H17FN2OS. The summed E-state index contributed by atoms with van der Waals surface area (Å²) in [6, 6.07) is 9.97. The van der Waals surface area contributed by atoms with Gasteiger partial charge in [0.2, 0.25) is 5.91 Å². The Morgan fingerprint density at radius 3 is 2.62 bits per heavy atom. The fraction of sp³-hybridized carbons (Fsp3) is 0.250. The SMILES string of the molecule is Cc1ccc(SC(C)C(=O)NCc2ccc(F)cc2)nc1. The van der Waals surface area contributed by atoms with Gasteiger partial charge in [-0.1, -0.05) is 30.0 Å². The zero-order valence-electron chi connectivity index (χ0n) is 12.0. The molecule has 2 rings (SSSR count). The smallest absolute Gasteiger partial charge is 0.233 e. The lowest BCUT2D eigenvalue weighted by molar-refractivity contribution is -0.120. The van der Waals surface area contributed by atoms with Crippen LogP contribution in [0.4, 0.5) is 4.39 Å². The number of thioether (sulfide) groups is 1. The van der Waals surface area contributed by atoms with Crippen LogP contribution in [0.2, 0.25) is 0 Å². The first-order valence-electron chi connectivity index (χ1n) is 6.66. The maximum Gasteiger partial charge on any atom is 0.233 e. The molecule has 1 heterocycles. The number of benzene rings is 1. The fourth-order valence-electron chi connectivity index (χ4n) is 1.69. The van der Waals surface area contributed by atoms with Gasteiger partial charge in [0.1, 0.15) is 5.82 Å². The molecule has 0 aliphatic rings. The van der Waals surface area contributed by atoms with E-state index in [4.69, 9.17) is 0 Å². The van der Waals surface area contributed by atoms with E-state index >= 15 is 0 Å². The Balaban J connectivity index is 1.84. The third-order valence-electron chi connectivity index (χ3n) is 2.93. The number of hydrogen-bond donors (Lipinski definition) is 1. The first-order valence-corrected chi connectivity index (χ1v) is 7.54. The van der Waals surface area contributed by atoms with Gasteiger partial charge in [0.25, 0.3) is 0 Å². The van der Waals surface area contributed by atoms with Gasteiger partial charge in [-0.15, -0.1) is 0 Å². The zero-order chi connectivity index (χ0) is 15.2. The average molecular weight is 304 g/mol. The minimum absolute atomic E-state index is 0.0632. The van der Waals surface area contributed by atoms with Gasteiger partial charge in [0.05, 0.1) is 10.3 Å². The van der Waals surface area contributed by atoms with Gasteiger partial charge < -0.3 is 5.32 Å². The highest BCUT2D eigenvalue weighted by atomic mass is 32.2. The Kier molecular flexibility index (Phi) is 5.33. The number of amides is 1. The van der Waals surface area contributed by atoms with Crippen molar-refractivity contribution in [3.05, 3.63) is 59.5 Å². The molecule has 2 aromatic rings. The molecule has 5 heteroatoms. The van der Waals surface area contributed by atoms with Crippen LogP contribution >= 0.6 is 11.8 Å². The molecule has 0 saturated carbocycles. The summed E-state index contributed by atoms with van der Waals surface area (Å²) < 4.78 is 12.8. The molecule has 0 bridgehead atoms. The van der Waals surface area contributed by atoms with E-state index in [-0.39, 0.29) is 17.0 Å². The Morgan fingerprint density at radius 1 is 1.29 bits per heavy atom. The lowest BCUT2D eigenvalue weighted by Gasteiger charge is -2.11. The second-order valence-corrected chi connectivity index (χ2v) is 6.14. The lowest BCUT2D eigenvalue weighted by Crippen LogP contribution is -2.30. The van der Waals surface area contributed by atoms with Gasteiger partial charge in [0, 0.05) is 12.7 Å². The normalized spacial score (nSPS) is 12.0. The van der Waals surface area contributed by atoms with Crippen LogP contribution in [0, 0.1) is 12.7 Å². The van der Waals surface area contributed by atoms with Gasteiger partial charge in [0.15, 0.2) is 0 Å². The Labute approximate surface area is 128 Å². The number of rotatable bonds is 5. The molecule has 21 heavy (non-hydrogen) atoms. The molecule has 0 spiro atoms. The highest BCUT2D eigenvalue weighted by Crippen LogP contribution is 2.21. The molecule has 0 aliphatic carbocycles. The van der Waals surface area contributed by atoms with E-state index in [1.165, 1.54) is 23.9 Å². The van der Waals surface area contributed by atoms with Crippen molar-refractivity contribution in [2.45, 2.75) is 30.7 Å². The summed E-state index contributed by atoms with van der Waals surface area (Å²) in [5, 5.41) is 3.43. The van der Waals surface area contributed by atoms with Crippen LogP contribution in [0.1, 0.15) is 18.1 Å². The lowest BCUT2D eigenvalue weighted by atomic mass is 10.2. The monoisotopic (exact) mass is 304 g/mol. The first kappa shape index (κ1) is 15.5. The Bertz CT molecular complexity index is 599. The van der Waals surface area contributed by atoms with Crippen LogP contribution in [-0.2, 0) is 11.3 Å².